The number of carbonyl (C=O) groups excluding carboxylic acids is 1. The van der Waals surface area contributed by atoms with Crippen molar-refractivity contribution < 1.29 is 9.69 Å². The van der Waals surface area contributed by atoms with Gasteiger partial charge in [-0.05, 0) is 67.4 Å². The summed E-state index contributed by atoms with van der Waals surface area (Å²) in [4.78, 5) is 16.0. The van der Waals surface area contributed by atoms with Gasteiger partial charge in [0.1, 0.15) is 0 Å². The third kappa shape index (κ3) is 5.78. The molecule has 1 aliphatic rings. The minimum absolute atomic E-state index is 0.0687. The summed E-state index contributed by atoms with van der Waals surface area (Å²) in [6, 6.07) is 14.4. The molecule has 2 aromatic rings. The molecule has 0 saturated carbocycles. The van der Waals surface area contributed by atoms with Gasteiger partial charge in [0.05, 0.1) is 26.2 Å². The Kier molecular flexibility index (Phi) is 7.23. The van der Waals surface area contributed by atoms with Gasteiger partial charge in [0.15, 0.2) is 11.7 Å². The Bertz CT molecular complexity index is 875. The van der Waals surface area contributed by atoms with Crippen molar-refractivity contribution in [1.29, 1.82) is 0 Å². The van der Waals surface area contributed by atoms with E-state index in [9.17, 15) is 4.79 Å². The zero-order valence-corrected chi connectivity index (χ0v) is 18.4. The third-order valence-electron chi connectivity index (χ3n) is 5.63. The number of hydrogen-bond donors (Lipinski definition) is 3. The summed E-state index contributed by atoms with van der Waals surface area (Å²) in [6.45, 7) is 10.2. The first-order chi connectivity index (χ1) is 14.0. The van der Waals surface area contributed by atoms with E-state index in [1.807, 2.05) is 25.1 Å². The van der Waals surface area contributed by atoms with Crippen molar-refractivity contribution in [3.8, 4) is 0 Å². The molecule has 0 aromatic heterocycles. The molecule has 154 valence electrons. The van der Waals surface area contributed by atoms with Crippen LogP contribution in [-0.4, -0.2) is 48.6 Å². The lowest BCUT2D eigenvalue weighted by atomic mass is 10.1. The van der Waals surface area contributed by atoms with Crippen LogP contribution in [0.4, 0.5) is 11.4 Å². The average molecular weight is 412 g/mol. The van der Waals surface area contributed by atoms with E-state index in [2.05, 4.69) is 53.6 Å². The maximum Gasteiger partial charge on any atom is 0.279 e. The van der Waals surface area contributed by atoms with Crippen LogP contribution < -0.4 is 15.5 Å². The van der Waals surface area contributed by atoms with E-state index in [1.165, 1.54) is 16.0 Å². The largest absolute Gasteiger partial charge is 0.338 e. The van der Waals surface area contributed by atoms with Crippen molar-refractivity contribution in [2.75, 3.05) is 43.4 Å². The van der Waals surface area contributed by atoms with Crippen LogP contribution in [0.3, 0.4) is 0 Å². The first-order valence-corrected chi connectivity index (χ1v) is 10.7. The van der Waals surface area contributed by atoms with Gasteiger partial charge >= 0.3 is 0 Å². The van der Waals surface area contributed by atoms with E-state index in [-0.39, 0.29) is 5.91 Å². The van der Waals surface area contributed by atoms with Crippen LogP contribution in [0.25, 0.3) is 0 Å². The molecule has 0 unspecified atom stereocenters. The number of nitrogens with zero attached hydrogens (tertiary/aromatic N) is 1. The fourth-order valence-electron chi connectivity index (χ4n) is 3.58. The molecule has 0 bridgehead atoms. The van der Waals surface area contributed by atoms with E-state index >= 15 is 0 Å². The number of thiocarbonyl (C=S) groups is 1. The second-order valence-electron chi connectivity index (χ2n) is 7.69. The zero-order chi connectivity index (χ0) is 20.8. The van der Waals surface area contributed by atoms with Crippen molar-refractivity contribution in [1.82, 2.24) is 4.90 Å². The Morgan fingerprint density at radius 1 is 1.10 bits per heavy atom. The molecular formula is C23H31N4OS+. The summed E-state index contributed by atoms with van der Waals surface area (Å²) in [5, 5.41) is 7.18. The highest BCUT2D eigenvalue weighted by Crippen LogP contribution is 2.17. The Labute approximate surface area is 179 Å². The summed E-state index contributed by atoms with van der Waals surface area (Å²) in [5.74, 6) is 0.0687. The van der Waals surface area contributed by atoms with Crippen molar-refractivity contribution in [3.05, 3.63) is 59.2 Å². The molecule has 1 amide bonds. The van der Waals surface area contributed by atoms with Crippen molar-refractivity contribution >= 4 is 34.6 Å². The summed E-state index contributed by atoms with van der Waals surface area (Å²) >= 11 is 5.60. The number of quaternary nitrogens is 1. The molecule has 1 saturated heterocycles. The lowest BCUT2D eigenvalue weighted by molar-refractivity contribution is -0.895. The standard InChI is InChI=1S/C23H30N4OS/c1-4-19-8-6-9-20(15-19)24-23(29)27-13-11-26(12-14-27)16-22(28)25-21-10-5-7-17(2)18(21)3/h5-10,15H,4,11-14,16H2,1-3H3,(H,24,29)(H,25,28)/p+1. The van der Waals surface area contributed by atoms with Gasteiger partial charge in [-0.15, -0.1) is 0 Å². The number of nitrogens with one attached hydrogen (secondary N) is 3. The first kappa shape index (κ1) is 21.3. The summed E-state index contributed by atoms with van der Waals surface area (Å²) in [7, 11) is 0. The number of benzene rings is 2. The molecule has 1 heterocycles. The van der Waals surface area contributed by atoms with Gasteiger partial charge in [-0.1, -0.05) is 31.2 Å². The van der Waals surface area contributed by atoms with Gasteiger partial charge in [0.2, 0.25) is 0 Å². The van der Waals surface area contributed by atoms with E-state index in [4.69, 9.17) is 12.2 Å². The number of piperazine rings is 1. The lowest BCUT2D eigenvalue weighted by Gasteiger charge is -2.33. The Morgan fingerprint density at radius 3 is 2.55 bits per heavy atom. The van der Waals surface area contributed by atoms with Gasteiger partial charge < -0.3 is 20.4 Å². The summed E-state index contributed by atoms with van der Waals surface area (Å²) in [5.41, 5.74) is 5.56. The number of aryl methyl sites for hydroxylation is 2. The van der Waals surface area contributed by atoms with Crippen molar-refractivity contribution in [2.45, 2.75) is 27.2 Å². The average Bonchev–Trinajstić information content (AvgIpc) is 2.72. The normalized spacial score (nSPS) is 14.5. The molecule has 3 N–H and O–H groups in total. The minimum Gasteiger partial charge on any atom is -0.338 e. The van der Waals surface area contributed by atoms with Gasteiger partial charge in [-0.2, -0.15) is 0 Å². The third-order valence-corrected chi connectivity index (χ3v) is 5.99. The molecule has 29 heavy (non-hydrogen) atoms. The molecule has 3 rings (SSSR count). The van der Waals surface area contributed by atoms with Crippen LogP contribution in [0, 0.1) is 13.8 Å². The SMILES string of the molecule is CCc1cccc(NC(=S)N2CC[NH+](CC(=O)Nc3cccc(C)c3C)CC2)c1. The Balaban J connectivity index is 1.46. The first-order valence-electron chi connectivity index (χ1n) is 10.3. The zero-order valence-electron chi connectivity index (χ0n) is 17.5. The van der Waals surface area contributed by atoms with Crippen molar-refractivity contribution in [3.63, 3.8) is 0 Å². The second-order valence-corrected chi connectivity index (χ2v) is 8.08. The van der Waals surface area contributed by atoms with Crippen LogP contribution in [0.1, 0.15) is 23.6 Å². The molecule has 2 aromatic carbocycles. The van der Waals surface area contributed by atoms with E-state index < -0.39 is 0 Å². The smallest absolute Gasteiger partial charge is 0.279 e. The molecule has 0 aliphatic carbocycles. The monoisotopic (exact) mass is 411 g/mol. The highest BCUT2D eigenvalue weighted by atomic mass is 32.1. The van der Waals surface area contributed by atoms with Gasteiger partial charge in [-0.25, -0.2) is 0 Å². The fourth-order valence-corrected chi connectivity index (χ4v) is 3.88. The molecule has 0 radical (unpaired) electrons. The topological polar surface area (TPSA) is 48.8 Å². The molecule has 0 atom stereocenters. The number of carbonyl (C=O) groups is 1. The van der Waals surface area contributed by atoms with Gasteiger partial charge in [-0.3, -0.25) is 4.79 Å². The highest BCUT2D eigenvalue weighted by molar-refractivity contribution is 7.80. The summed E-state index contributed by atoms with van der Waals surface area (Å²) in [6.07, 6.45) is 1.01. The van der Waals surface area contributed by atoms with Crippen LogP contribution >= 0.6 is 12.2 Å². The maximum atomic E-state index is 12.5. The number of hydrogen-bond acceptors (Lipinski definition) is 2. The quantitative estimate of drug-likeness (QED) is 0.662. The second kappa shape index (κ2) is 9.85. The van der Waals surface area contributed by atoms with Crippen LogP contribution in [0.15, 0.2) is 42.5 Å². The summed E-state index contributed by atoms with van der Waals surface area (Å²) < 4.78 is 0. The van der Waals surface area contributed by atoms with Crippen LogP contribution in [0.5, 0.6) is 0 Å². The van der Waals surface area contributed by atoms with E-state index in [1.54, 1.807) is 0 Å². The lowest BCUT2D eigenvalue weighted by Crippen LogP contribution is -3.15. The molecule has 5 nitrogen and oxygen atoms in total. The number of amides is 1. The molecule has 0 spiro atoms. The predicted octanol–water partition coefficient (Wildman–Crippen LogP) is 2.40. The van der Waals surface area contributed by atoms with Crippen molar-refractivity contribution in [2.24, 2.45) is 0 Å². The van der Waals surface area contributed by atoms with E-state index in [0.29, 0.717) is 6.54 Å². The number of anilines is 2. The molecular weight excluding hydrogens is 380 g/mol. The highest BCUT2D eigenvalue weighted by Gasteiger charge is 2.24. The van der Waals surface area contributed by atoms with Gasteiger partial charge in [0.25, 0.3) is 5.91 Å². The molecule has 6 heteroatoms. The Hall–Kier alpha value is -2.44. The fraction of sp³-hybridized carbons (Fsp3) is 0.391. The van der Waals surface area contributed by atoms with Crippen LogP contribution in [-0.2, 0) is 11.2 Å². The molecule has 1 fully saturated rings. The number of rotatable bonds is 5. The minimum atomic E-state index is 0.0687. The van der Waals surface area contributed by atoms with E-state index in [0.717, 1.165) is 54.7 Å². The van der Waals surface area contributed by atoms with Crippen LogP contribution in [0.2, 0.25) is 0 Å². The maximum absolute atomic E-state index is 12.5. The molecule has 1 aliphatic heterocycles. The predicted molar refractivity (Wildman–Crippen MR) is 124 cm³/mol. The Morgan fingerprint density at radius 2 is 1.83 bits per heavy atom. The van der Waals surface area contributed by atoms with Gasteiger partial charge in [0, 0.05) is 11.4 Å².